The Balaban J connectivity index is 2.94. The van der Waals surface area contributed by atoms with Gasteiger partial charge in [-0.2, -0.15) is 0 Å². The number of anilines is 1. The molecule has 5 nitrogen and oxygen atoms in total. The summed E-state index contributed by atoms with van der Waals surface area (Å²) in [5.74, 6) is 1.07. The van der Waals surface area contributed by atoms with Crippen LogP contribution in [0.4, 0.5) is 5.82 Å². The van der Waals surface area contributed by atoms with Crippen molar-refractivity contribution in [2.75, 3.05) is 5.73 Å². The molecule has 6 heteroatoms. The molecule has 0 amide bonds. The van der Waals surface area contributed by atoms with Gasteiger partial charge >= 0.3 is 0 Å². The number of hydrogen-bond donors (Lipinski definition) is 1. The Morgan fingerprint density at radius 1 is 1.31 bits per heavy atom. The first kappa shape index (κ1) is 8.43. The van der Waals surface area contributed by atoms with E-state index in [1.54, 1.807) is 6.92 Å². The van der Waals surface area contributed by atoms with Gasteiger partial charge in [0.25, 0.3) is 0 Å². The third-order valence-electron chi connectivity index (χ3n) is 1.81. The maximum Gasteiger partial charge on any atom is 0.153 e. The molecule has 0 atom stereocenters. The van der Waals surface area contributed by atoms with Crippen LogP contribution in [0.15, 0.2) is 4.60 Å². The molecule has 2 N–H and O–H groups in total. The molecule has 0 fully saturated rings. The number of nitrogens with two attached hydrogens (primary N) is 1. The normalized spacial score (nSPS) is 11.0. The summed E-state index contributed by atoms with van der Waals surface area (Å²) in [5, 5.41) is 8.24. The molecule has 2 rings (SSSR count). The average Bonchev–Trinajstić information content (AvgIpc) is 2.27. The van der Waals surface area contributed by atoms with Crippen molar-refractivity contribution >= 4 is 27.3 Å². The van der Waals surface area contributed by atoms with Crippen LogP contribution in [-0.2, 0) is 0 Å². The topological polar surface area (TPSA) is 69.1 Å². The van der Waals surface area contributed by atoms with E-state index < -0.39 is 0 Å². The second-order valence-corrected chi connectivity index (χ2v) is 3.55. The van der Waals surface area contributed by atoms with E-state index in [0.29, 0.717) is 11.6 Å². The van der Waals surface area contributed by atoms with E-state index in [4.69, 9.17) is 5.73 Å². The van der Waals surface area contributed by atoms with Gasteiger partial charge in [-0.3, -0.25) is 0 Å². The van der Waals surface area contributed by atoms with Crippen LogP contribution < -0.4 is 5.73 Å². The molecule has 0 radical (unpaired) electrons. The molecule has 0 spiro atoms. The molecule has 13 heavy (non-hydrogen) atoms. The zero-order valence-electron chi connectivity index (χ0n) is 7.24. The number of fused-ring (bicyclic) bond motifs is 1. The summed E-state index contributed by atoms with van der Waals surface area (Å²) in [4.78, 5) is 4.06. The predicted octanol–water partition coefficient (Wildman–Crippen LogP) is 1.09. The van der Waals surface area contributed by atoms with Crippen molar-refractivity contribution in [3.8, 4) is 0 Å². The van der Waals surface area contributed by atoms with E-state index in [1.165, 1.54) is 4.63 Å². The summed E-state index contributed by atoms with van der Waals surface area (Å²) in [5.41, 5.74) is 7.46. The lowest BCUT2D eigenvalue weighted by atomic mass is 10.3. The fourth-order valence-corrected chi connectivity index (χ4v) is 1.55. The average molecular weight is 242 g/mol. The third-order valence-corrected chi connectivity index (χ3v) is 2.56. The Labute approximate surface area is 83.1 Å². The number of nitrogens with zero attached hydrogens (tertiary/aromatic N) is 4. The maximum atomic E-state index is 5.74. The Morgan fingerprint density at radius 2 is 2.00 bits per heavy atom. The fraction of sp³-hybridized carbons (Fsp3) is 0.286. The van der Waals surface area contributed by atoms with Crippen molar-refractivity contribution < 1.29 is 0 Å². The van der Waals surface area contributed by atoms with E-state index in [1.807, 2.05) is 6.92 Å². The molecule has 2 aromatic heterocycles. The van der Waals surface area contributed by atoms with Crippen molar-refractivity contribution in [3.63, 3.8) is 0 Å². The van der Waals surface area contributed by atoms with Gasteiger partial charge in [-0.1, -0.05) is 0 Å². The van der Waals surface area contributed by atoms with Crippen molar-refractivity contribution in [2.24, 2.45) is 0 Å². The van der Waals surface area contributed by atoms with Gasteiger partial charge in [0.2, 0.25) is 0 Å². The molecule has 0 bridgehead atoms. The number of nitrogen functional groups attached to an aromatic ring is 1. The molecule has 0 aliphatic carbocycles. The standard InChI is InChI=1S/C7H8BrN5/c1-3-5-7(9)10-4(2)11-13(5)12-6(3)8/h1-2H3,(H2,9,10,11). The van der Waals surface area contributed by atoms with Crippen molar-refractivity contribution in [1.82, 2.24) is 19.8 Å². The molecule has 0 saturated carbocycles. The van der Waals surface area contributed by atoms with Gasteiger partial charge in [-0.05, 0) is 29.8 Å². The summed E-state index contributed by atoms with van der Waals surface area (Å²) in [7, 11) is 0. The van der Waals surface area contributed by atoms with E-state index in [-0.39, 0.29) is 0 Å². The second-order valence-electron chi connectivity index (χ2n) is 2.80. The van der Waals surface area contributed by atoms with Gasteiger partial charge in [0.15, 0.2) is 5.82 Å². The van der Waals surface area contributed by atoms with Crippen LogP contribution in [0, 0.1) is 13.8 Å². The lowest BCUT2D eigenvalue weighted by molar-refractivity contribution is 0.753. The fourth-order valence-electron chi connectivity index (χ4n) is 1.21. The van der Waals surface area contributed by atoms with Gasteiger partial charge in [0.1, 0.15) is 15.9 Å². The predicted molar refractivity (Wildman–Crippen MR) is 52.4 cm³/mol. The molecule has 0 aromatic carbocycles. The first-order valence-corrected chi connectivity index (χ1v) is 4.54. The molecular weight excluding hydrogens is 234 g/mol. The molecule has 2 heterocycles. The van der Waals surface area contributed by atoms with Crippen LogP contribution >= 0.6 is 15.9 Å². The summed E-state index contributed by atoms with van der Waals surface area (Å²) in [6, 6.07) is 0. The molecular formula is C7H8BrN5. The van der Waals surface area contributed by atoms with E-state index in [2.05, 4.69) is 31.1 Å². The highest BCUT2D eigenvalue weighted by Crippen LogP contribution is 2.21. The number of rotatable bonds is 0. The molecule has 68 valence electrons. The van der Waals surface area contributed by atoms with Crippen molar-refractivity contribution in [1.29, 1.82) is 0 Å². The molecule has 0 aliphatic heterocycles. The molecule has 0 aliphatic rings. The Bertz CT molecular complexity index is 475. The highest BCUT2D eigenvalue weighted by atomic mass is 79.9. The van der Waals surface area contributed by atoms with Crippen molar-refractivity contribution in [2.45, 2.75) is 13.8 Å². The summed E-state index contributed by atoms with van der Waals surface area (Å²) < 4.78 is 2.25. The number of halogens is 1. The number of hydrogen-bond acceptors (Lipinski definition) is 4. The van der Waals surface area contributed by atoms with Gasteiger partial charge in [-0.25, -0.2) is 4.98 Å². The monoisotopic (exact) mass is 241 g/mol. The Hall–Kier alpha value is -1.17. The first-order valence-electron chi connectivity index (χ1n) is 3.75. The lowest BCUT2D eigenvalue weighted by Gasteiger charge is -1.98. The summed E-state index contributed by atoms with van der Waals surface area (Å²) in [6.45, 7) is 3.70. The summed E-state index contributed by atoms with van der Waals surface area (Å²) in [6.07, 6.45) is 0. The van der Waals surface area contributed by atoms with Crippen LogP contribution in [0.3, 0.4) is 0 Å². The molecule has 2 aromatic rings. The van der Waals surface area contributed by atoms with Gasteiger partial charge in [-0.15, -0.1) is 14.8 Å². The van der Waals surface area contributed by atoms with E-state index in [0.717, 1.165) is 15.7 Å². The molecule has 0 unspecified atom stereocenters. The quantitative estimate of drug-likeness (QED) is 0.750. The van der Waals surface area contributed by atoms with Crippen LogP contribution in [-0.4, -0.2) is 19.8 Å². The Kier molecular flexibility index (Phi) is 1.73. The minimum atomic E-state index is 0.461. The first-order chi connectivity index (χ1) is 6.09. The lowest BCUT2D eigenvalue weighted by Crippen LogP contribution is -2.04. The third kappa shape index (κ3) is 1.17. The zero-order chi connectivity index (χ0) is 9.59. The zero-order valence-corrected chi connectivity index (χ0v) is 8.83. The highest BCUT2D eigenvalue weighted by molar-refractivity contribution is 9.10. The number of aromatic nitrogens is 4. The van der Waals surface area contributed by atoms with Crippen LogP contribution in [0.25, 0.3) is 5.52 Å². The largest absolute Gasteiger partial charge is 0.382 e. The van der Waals surface area contributed by atoms with E-state index >= 15 is 0 Å². The van der Waals surface area contributed by atoms with Crippen LogP contribution in [0.2, 0.25) is 0 Å². The summed E-state index contributed by atoms with van der Waals surface area (Å²) >= 11 is 3.31. The minimum absolute atomic E-state index is 0.461. The smallest absolute Gasteiger partial charge is 0.153 e. The SMILES string of the molecule is Cc1nc(N)c2c(C)c(Br)nn2n1. The Morgan fingerprint density at radius 3 is 2.69 bits per heavy atom. The molecule has 0 saturated heterocycles. The maximum absolute atomic E-state index is 5.74. The van der Waals surface area contributed by atoms with Gasteiger partial charge < -0.3 is 5.73 Å². The second kappa shape index (κ2) is 2.66. The van der Waals surface area contributed by atoms with Crippen molar-refractivity contribution in [3.05, 3.63) is 16.0 Å². The minimum Gasteiger partial charge on any atom is -0.382 e. The highest BCUT2D eigenvalue weighted by Gasteiger charge is 2.11. The van der Waals surface area contributed by atoms with Gasteiger partial charge in [0.05, 0.1) is 0 Å². The van der Waals surface area contributed by atoms with E-state index in [9.17, 15) is 0 Å². The van der Waals surface area contributed by atoms with Crippen LogP contribution in [0.5, 0.6) is 0 Å². The number of aryl methyl sites for hydroxylation is 2. The van der Waals surface area contributed by atoms with Crippen LogP contribution in [0.1, 0.15) is 11.4 Å². The van der Waals surface area contributed by atoms with Gasteiger partial charge in [0, 0.05) is 5.56 Å².